The van der Waals surface area contributed by atoms with Crippen molar-refractivity contribution >= 4 is 29.2 Å². The fourth-order valence-electron chi connectivity index (χ4n) is 3.31. The smallest absolute Gasteiger partial charge is 0.240 e. The Morgan fingerprint density at radius 1 is 1.33 bits per heavy atom. The number of nitrogens with two attached hydrogens (primary N) is 1. The SMILES string of the molecule is CC(C)CN(Cc1cnn(C)c1)C(=O)[C@H](N)Cc1c[nH]c2ccccc12.Cl. The lowest BCUT2D eigenvalue weighted by Gasteiger charge is -2.27. The van der Waals surface area contributed by atoms with Gasteiger partial charge in [0.25, 0.3) is 0 Å². The number of carbonyl (C=O) groups excluding carboxylic acids is 1. The number of nitrogens with zero attached hydrogens (tertiary/aromatic N) is 3. The molecule has 1 aromatic carbocycles. The molecule has 2 heterocycles. The second kappa shape index (κ2) is 9.06. The highest BCUT2D eigenvalue weighted by Gasteiger charge is 2.23. The summed E-state index contributed by atoms with van der Waals surface area (Å²) >= 11 is 0. The second-order valence-electron chi connectivity index (χ2n) is 7.30. The Hall–Kier alpha value is -2.31. The van der Waals surface area contributed by atoms with Crippen LogP contribution in [-0.4, -0.2) is 38.2 Å². The van der Waals surface area contributed by atoms with E-state index in [0.29, 0.717) is 25.4 Å². The highest BCUT2D eigenvalue weighted by atomic mass is 35.5. The molecule has 146 valence electrons. The lowest BCUT2D eigenvalue weighted by molar-refractivity contribution is -0.133. The molecule has 0 bridgehead atoms. The first-order chi connectivity index (χ1) is 12.4. The summed E-state index contributed by atoms with van der Waals surface area (Å²) in [6, 6.07) is 7.51. The molecule has 0 saturated carbocycles. The van der Waals surface area contributed by atoms with E-state index in [1.54, 1.807) is 10.9 Å². The number of benzene rings is 1. The third kappa shape index (κ3) is 5.11. The van der Waals surface area contributed by atoms with Crippen molar-refractivity contribution in [2.45, 2.75) is 32.9 Å². The first-order valence-electron chi connectivity index (χ1n) is 9.01. The van der Waals surface area contributed by atoms with E-state index in [-0.39, 0.29) is 18.3 Å². The number of halogens is 1. The first-order valence-corrected chi connectivity index (χ1v) is 9.01. The summed E-state index contributed by atoms with van der Waals surface area (Å²) < 4.78 is 1.75. The lowest BCUT2D eigenvalue weighted by atomic mass is 10.0. The van der Waals surface area contributed by atoms with Gasteiger partial charge < -0.3 is 15.6 Å². The van der Waals surface area contributed by atoms with E-state index >= 15 is 0 Å². The van der Waals surface area contributed by atoms with Crippen LogP contribution in [0.4, 0.5) is 0 Å². The summed E-state index contributed by atoms with van der Waals surface area (Å²) in [7, 11) is 1.88. The molecule has 2 aromatic heterocycles. The molecular formula is C20H28ClN5O. The monoisotopic (exact) mass is 389 g/mol. The van der Waals surface area contributed by atoms with Gasteiger partial charge in [-0.2, -0.15) is 5.10 Å². The van der Waals surface area contributed by atoms with E-state index in [4.69, 9.17) is 5.73 Å². The predicted octanol–water partition coefficient (Wildman–Crippen LogP) is 2.88. The van der Waals surface area contributed by atoms with Crippen LogP contribution in [0.2, 0.25) is 0 Å². The third-order valence-corrected chi connectivity index (χ3v) is 4.46. The number of para-hydroxylation sites is 1. The zero-order chi connectivity index (χ0) is 18.7. The quantitative estimate of drug-likeness (QED) is 0.652. The second-order valence-corrected chi connectivity index (χ2v) is 7.30. The van der Waals surface area contributed by atoms with Gasteiger partial charge in [0.1, 0.15) is 0 Å². The largest absolute Gasteiger partial charge is 0.361 e. The van der Waals surface area contributed by atoms with Crippen LogP contribution >= 0.6 is 12.4 Å². The zero-order valence-corrected chi connectivity index (χ0v) is 16.9. The number of H-pyrrole nitrogens is 1. The normalized spacial score (nSPS) is 12.2. The van der Waals surface area contributed by atoms with Crippen LogP contribution in [-0.2, 0) is 24.8 Å². The summed E-state index contributed by atoms with van der Waals surface area (Å²) in [4.78, 5) is 18.1. The number of amides is 1. The van der Waals surface area contributed by atoms with Crippen molar-refractivity contribution in [1.82, 2.24) is 19.7 Å². The number of fused-ring (bicyclic) bond motifs is 1. The number of rotatable bonds is 7. The molecule has 0 radical (unpaired) electrons. The molecule has 1 atom stereocenters. The third-order valence-electron chi connectivity index (χ3n) is 4.46. The van der Waals surface area contributed by atoms with Gasteiger partial charge in [-0.3, -0.25) is 9.48 Å². The Morgan fingerprint density at radius 3 is 2.74 bits per heavy atom. The van der Waals surface area contributed by atoms with Gasteiger partial charge in [0.05, 0.1) is 12.2 Å². The van der Waals surface area contributed by atoms with E-state index in [9.17, 15) is 4.79 Å². The number of hydrogen-bond donors (Lipinski definition) is 2. The van der Waals surface area contributed by atoms with Gasteiger partial charge >= 0.3 is 0 Å². The molecule has 27 heavy (non-hydrogen) atoms. The molecule has 0 fully saturated rings. The summed E-state index contributed by atoms with van der Waals surface area (Å²) in [5, 5.41) is 5.31. The topological polar surface area (TPSA) is 79.9 Å². The van der Waals surface area contributed by atoms with Crippen LogP contribution in [0.1, 0.15) is 25.0 Å². The minimum absolute atomic E-state index is 0. The van der Waals surface area contributed by atoms with Crippen molar-refractivity contribution in [2.75, 3.05) is 6.54 Å². The molecule has 0 saturated heterocycles. The summed E-state index contributed by atoms with van der Waals surface area (Å²) in [5.74, 6) is 0.351. The number of aromatic amines is 1. The Kier molecular flexibility index (Phi) is 7.05. The molecule has 1 amide bonds. The van der Waals surface area contributed by atoms with Gasteiger partial charge in [0.2, 0.25) is 5.91 Å². The number of carbonyl (C=O) groups is 1. The minimum atomic E-state index is -0.565. The average Bonchev–Trinajstić information content (AvgIpc) is 3.20. The Balaban J connectivity index is 0.00000261. The Bertz CT molecular complexity index is 885. The molecule has 3 N–H and O–H groups in total. The molecular weight excluding hydrogens is 362 g/mol. The van der Waals surface area contributed by atoms with Crippen LogP contribution in [0.15, 0.2) is 42.9 Å². The van der Waals surface area contributed by atoms with Gasteiger partial charge in [0, 0.05) is 49.0 Å². The standard InChI is InChI=1S/C20H27N5O.ClH/c1-14(2)11-25(13-15-9-23-24(3)12-15)20(26)18(21)8-16-10-22-19-7-5-4-6-17(16)19;/h4-7,9-10,12,14,18,22H,8,11,13,21H2,1-3H3;1H/t18-;/m1./s1. The van der Waals surface area contributed by atoms with Gasteiger partial charge in [-0.15, -0.1) is 12.4 Å². The van der Waals surface area contributed by atoms with Crippen LogP contribution in [0, 0.1) is 5.92 Å². The molecule has 3 rings (SSSR count). The highest BCUT2D eigenvalue weighted by Crippen LogP contribution is 2.19. The van der Waals surface area contributed by atoms with Crippen molar-refractivity contribution in [3.63, 3.8) is 0 Å². The molecule has 0 aliphatic rings. The van der Waals surface area contributed by atoms with Crippen LogP contribution in [0.5, 0.6) is 0 Å². The lowest BCUT2D eigenvalue weighted by Crippen LogP contribution is -2.45. The van der Waals surface area contributed by atoms with Gasteiger partial charge in [0.15, 0.2) is 0 Å². The van der Waals surface area contributed by atoms with E-state index in [2.05, 4.69) is 30.0 Å². The predicted molar refractivity (Wildman–Crippen MR) is 111 cm³/mol. The fraction of sp³-hybridized carbons (Fsp3) is 0.400. The number of hydrogen-bond acceptors (Lipinski definition) is 3. The van der Waals surface area contributed by atoms with Crippen molar-refractivity contribution in [3.8, 4) is 0 Å². The first kappa shape index (κ1) is 21.0. The molecule has 0 aliphatic heterocycles. The van der Waals surface area contributed by atoms with Crippen LogP contribution < -0.4 is 5.73 Å². The van der Waals surface area contributed by atoms with E-state index in [1.165, 1.54) is 0 Å². The van der Waals surface area contributed by atoms with E-state index in [1.807, 2.05) is 42.5 Å². The number of aromatic nitrogens is 3. The van der Waals surface area contributed by atoms with E-state index < -0.39 is 6.04 Å². The Labute approximate surface area is 166 Å². The maximum absolute atomic E-state index is 13.0. The molecule has 3 aromatic rings. The molecule has 0 unspecified atom stereocenters. The van der Waals surface area contributed by atoms with Gasteiger partial charge in [-0.05, 0) is 24.0 Å². The minimum Gasteiger partial charge on any atom is -0.361 e. The number of aryl methyl sites for hydroxylation is 1. The molecule has 0 aliphatic carbocycles. The summed E-state index contributed by atoms with van der Waals surface area (Å²) in [5.41, 5.74) is 9.47. The molecule has 7 heteroatoms. The zero-order valence-electron chi connectivity index (χ0n) is 16.1. The molecule has 6 nitrogen and oxygen atoms in total. The van der Waals surface area contributed by atoms with Crippen LogP contribution in [0.3, 0.4) is 0 Å². The van der Waals surface area contributed by atoms with Crippen LogP contribution in [0.25, 0.3) is 10.9 Å². The number of nitrogens with one attached hydrogen (secondary N) is 1. The van der Waals surface area contributed by atoms with Crippen molar-refractivity contribution in [3.05, 3.63) is 54.0 Å². The average molecular weight is 390 g/mol. The summed E-state index contributed by atoms with van der Waals surface area (Å²) in [6.45, 7) is 5.42. The van der Waals surface area contributed by atoms with Crippen molar-refractivity contribution in [2.24, 2.45) is 18.7 Å². The maximum Gasteiger partial charge on any atom is 0.240 e. The van der Waals surface area contributed by atoms with Crippen molar-refractivity contribution < 1.29 is 4.79 Å². The van der Waals surface area contributed by atoms with Gasteiger partial charge in [-0.1, -0.05) is 32.0 Å². The summed E-state index contributed by atoms with van der Waals surface area (Å²) in [6.07, 6.45) is 6.20. The maximum atomic E-state index is 13.0. The van der Waals surface area contributed by atoms with E-state index in [0.717, 1.165) is 22.0 Å². The highest BCUT2D eigenvalue weighted by molar-refractivity contribution is 5.86. The Morgan fingerprint density at radius 2 is 2.07 bits per heavy atom. The van der Waals surface area contributed by atoms with Crippen molar-refractivity contribution in [1.29, 1.82) is 0 Å². The fourth-order valence-corrected chi connectivity index (χ4v) is 3.31. The molecule has 0 spiro atoms. The van der Waals surface area contributed by atoms with Gasteiger partial charge in [-0.25, -0.2) is 0 Å².